The van der Waals surface area contributed by atoms with Crippen LogP contribution in [-0.2, 0) is 0 Å². The number of benzene rings is 1. The number of hydrogen-bond donors (Lipinski definition) is 1. The Balaban J connectivity index is 1.65. The average molecular weight is 314 g/mol. The number of hydrogen-bond acceptors (Lipinski definition) is 3. The van der Waals surface area contributed by atoms with Gasteiger partial charge in [-0.2, -0.15) is 0 Å². The molecule has 22 heavy (non-hydrogen) atoms. The molecule has 1 aromatic carbocycles. The highest BCUT2D eigenvalue weighted by Gasteiger charge is 2.24. The van der Waals surface area contributed by atoms with E-state index < -0.39 is 0 Å². The number of rotatable bonds is 3. The normalized spacial score (nSPS) is 18.3. The second-order valence-electron chi connectivity index (χ2n) is 6.01. The zero-order valence-corrected chi connectivity index (χ0v) is 14.0. The predicted molar refractivity (Wildman–Crippen MR) is 92.8 cm³/mol. The molecule has 1 atom stereocenters. The summed E-state index contributed by atoms with van der Waals surface area (Å²) in [4.78, 5) is 15.3. The Labute approximate surface area is 136 Å². The molecule has 0 aliphatic carbocycles. The Morgan fingerprint density at radius 3 is 2.86 bits per heavy atom. The molecule has 1 saturated heterocycles. The Morgan fingerprint density at radius 1 is 1.27 bits per heavy atom. The van der Waals surface area contributed by atoms with Crippen molar-refractivity contribution in [1.82, 2.24) is 4.90 Å². The number of amides is 1. The van der Waals surface area contributed by atoms with Crippen LogP contribution >= 0.6 is 11.3 Å². The SMILES string of the molecule is Cc1ccc(N[C@H]2CCCN(C(=O)c3cccs3)C2)cc1C. The highest BCUT2D eigenvalue weighted by atomic mass is 32.1. The van der Waals surface area contributed by atoms with E-state index in [1.807, 2.05) is 22.4 Å². The number of carbonyl (C=O) groups excluding carboxylic acids is 1. The average Bonchev–Trinajstić information content (AvgIpc) is 3.05. The van der Waals surface area contributed by atoms with Crippen molar-refractivity contribution < 1.29 is 4.79 Å². The van der Waals surface area contributed by atoms with Crippen LogP contribution in [0.2, 0.25) is 0 Å². The number of nitrogens with one attached hydrogen (secondary N) is 1. The van der Waals surface area contributed by atoms with Gasteiger partial charge in [-0.05, 0) is 61.4 Å². The maximum Gasteiger partial charge on any atom is 0.263 e. The first-order chi connectivity index (χ1) is 10.6. The largest absolute Gasteiger partial charge is 0.381 e. The fraction of sp³-hybridized carbons (Fsp3) is 0.389. The van der Waals surface area contributed by atoms with E-state index in [1.54, 1.807) is 0 Å². The van der Waals surface area contributed by atoms with Gasteiger partial charge in [0.2, 0.25) is 0 Å². The van der Waals surface area contributed by atoms with E-state index in [4.69, 9.17) is 0 Å². The summed E-state index contributed by atoms with van der Waals surface area (Å²) in [7, 11) is 0. The third-order valence-electron chi connectivity index (χ3n) is 4.32. The summed E-state index contributed by atoms with van der Waals surface area (Å²) >= 11 is 1.52. The summed E-state index contributed by atoms with van der Waals surface area (Å²) in [6.07, 6.45) is 2.17. The number of aryl methyl sites for hydroxylation is 2. The maximum atomic E-state index is 12.5. The van der Waals surface area contributed by atoms with Gasteiger partial charge in [0.1, 0.15) is 0 Å². The predicted octanol–water partition coefficient (Wildman–Crippen LogP) is 4.08. The van der Waals surface area contributed by atoms with Crippen LogP contribution in [-0.4, -0.2) is 29.9 Å². The van der Waals surface area contributed by atoms with Crippen molar-refractivity contribution in [2.45, 2.75) is 32.7 Å². The molecule has 3 rings (SSSR count). The summed E-state index contributed by atoms with van der Waals surface area (Å²) in [5.74, 6) is 0.168. The molecule has 0 bridgehead atoms. The van der Waals surface area contributed by atoms with Crippen LogP contribution in [0.4, 0.5) is 5.69 Å². The van der Waals surface area contributed by atoms with Crippen LogP contribution in [0.5, 0.6) is 0 Å². The van der Waals surface area contributed by atoms with Gasteiger partial charge in [-0.1, -0.05) is 12.1 Å². The van der Waals surface area contributed by atoms with E-state index >= 15 is 0 Å². The van der Waals surface area contributed by atoms with Crippen molar-refractivity contribution in [2.75, 3.05) is 18.4 Å². The molecule has 2 heterocycles. The Hall–Kier alpha value is -1.81. The number of carbonyl (C=O) groups is 1. The molecule has 1 aliphatic heterocycles. The lowest BCUT2D eigenvalue weighted by atomic mass is 10.0. The van der Waals surface area contributed by atoms with Crippen LogP contribution in [0.15, 0.2) is 35.7 Å². The smallest absolute Gasteiger partial charge is 0.263 e. The molecule has 1 aliphatic rings. The maximum absolute atomic E-state index is 12.5. The number of anilines is 1. The first-order valence-corrected chi connectivity index (χ1v) is 8.68. The van der Waals surface area contributed by atoms with Crippen molar-refractivity contribution in [3.63, 3.8) is 0 Å². The number of piperidine rings is 1. The van der Waals surface area contributed by atoms with Crippen LogP contribution in [0.3, 0.4) is 0 Å². The molecule has 3 nitrogen and oxygen atoms in total. The topological polar surface area (TPSA) is 32.3 Å². The van der Waals surface area contributed by atoms with Crippen molar-refractivity contribution in [3.8, 4) is 0 Å². The first kappa shape index (κ1) is 15.1. The molecule has 1 fully saturated rings. The van der Waals surface area contributed by atoms with E-state index in [-0.39, 0.29) is 5.91 Å². The van der Waals surface area contributed by atoms with Crippen molar-refractivity contribution in [1.29, 1.82) is 0 Å². The van der Waals surface area contributed by atoms with Crippen molar-refractivity contribution in [3.05, 3.63) is 51.7 Å². The first-order valence-electron chi connectivity index (χ1n) is 7.80. The number of likely N-dealkylation sites (tertiary alicyclic amines) is 1. The van der Waals surface area contributed by atoms with Gasteiger partial charge in [-0.15, -0.1) is 11.3 Å². The molecule has 1 N–H and O–H groups in total. The molecular weight excluding hydrogens is 292 g/mol. The summed E-state index contributed by atoms with van der Waals surface area (Å²) in [5, 5.41) is 5.55. The van der Waals surface area contributed by atoms with Gasteiger partial charge in [0, 0.05) is 24.8 Å². The van der Waals surface area contributed by atoms with Gasteiger partial charge in [-0.3, -0.25) is 4.79 Å². The molecule has 0 spiro atoms. The van der Waals surface area contributed by atoms with Crippen LogP contribution in [0.1, 0.15) is 33.6 Å². The number of nitrogens with zero attached hydrogens (tertiary/aromatic N) is 1. The fourth-order valence-electron chi connectivity index (χ4n) is 2.90. The van der Waals surface area contributed by atoms with Crippen molar-refractivity contribution >= 4 is 22.9 Å². The van der Waals surface area contributed by atoms with Crippen LogP contribution in [0, 0.1) is 13.8 Å². The summed E-state index contributed by atoms with van der Waals surface area (Å²) in [6, 6.07) is 10.6. The lowest BCUT2D eigenvalue weighted by Crippen LogP contribution is -2.44. The second-order valence-corrected chi connectivity index (χ2v) is 6.96. The van der Waals surface area contributed by atoms with Gasteiger partial charge >= 0.3 is 0 Å². The molecule has 2 aromatic rings. The zero-order chi connectivity index (χ0) is 15.5. The van der Waals surface area contributed by atoms with Gasteiger partial charge in [0.25, 0.3) is 5.91 Å². The van der Waals surface area contributed by atoms with E-state index in [0.717, 1.165) is 36.5 Å². The Kier molecular flexibility index (Phi) is 4.48. The molecule has 1 amide bonds. The Morgan fingerprint density at radius 2 is 2.14 bits per heavy atom. The molecule has 4 heteroatoms. The monoisotopic (exact) mass is 314 g/mol. The highest BCUT2D eigenvalue weighted by Crippen LogP contribution is 2.21. The third-order valence-corrected chi connectivity index (χ3v) is 5.18. The minimum atomic E-state index is 0.168. The standard InChI is InChI=1S/C18H22N2OS/c1-13-7-8-15(11-14(13)2)19-16-5-3-9-20(12-16)18(21)17-6-4-10-22-17/h4,6-8,10-11,16,19H,3,5,9,12H2,1-2H3/t16-/m0/s1. The zero-order valence-electron chi connectivity index (χ0n) is 13.1. The summed E-state index contributed by atoms with van der Waals surface area (Å²) < 4.78 is 0. The molecule has 116 valence electrons. The molecular formula is C18H22N2OS. The summed E-state index contributed by atoms with van der Waals surface area (Å²) in [5.41, 5.74) is 3.76. The number of thiophene rings is 1. The van der Waals surface area contributed by atoms with E-state index in [9.17, 15) is 4.79 Å². The lowest BCUT2D eigenvalue weighted by molar-refractivity contribution is 0.0720. The van der Waals surface area contributed by atoms with Gasteiger partial charge in [0.15, 0.2) is 0 Å². The van der Waals surface area contributed by atoms with Gasteiger partial charge < -0.3 is 10.2 Å². The van der Waals surface area contributed by atoms with Gasteiger partial charge in [0.05, 0.1) is 4.88 Å². The minimum Gasteiger partial charge on any atom is -0.381 e. The minimum absolute atomic E-state index is 0.168. The molecule has 0 unspecified atom stereocenters. The van der Waals surface area contributed by atoms with E-state index in [2.05, 4.69) is 37.4 Å². The van der Waals surface area contributed by atoms with Crippen molar-refractivity contribution in [2.24, 2.45) is 0 Å². The van der Waals surface area contributed by atoms with Gasteiger partial charge in [-0.25, -0.2) is 0 Å². The van der Waals surface area contributed by atoms with Crippen LogP contribution in [0.25, 0.3) is 0 Å². The quantitative estimate of drug-likeness (QED) is 0.926. The van der Waals surface area contributed by atoms with Crippen LogP contribution < -0.4 is 5.32 Å². The van der Waals surface area contributed by atoms with E-state index in [0.29, 0.717) is 6.04 Å². The third kappa shape index (κ3) is 3.33. The lowest BCUT2D eigenvalue weighted by Gasteiger charge is -2.33. The molecule has 0 radical (unpaired) electrons. The Bertz CT molecular complexity index is 651. The second kappa shape index (κ2) is 6.53. The molecule has 0 saturated carbocycles. The highest BCUT2D eigenvalue weighted by molar-refractivity contribution is 7.12. The molecule has 1 aromatic heterocycles. The fourth-order valence-corrected chi connectivity index (χ4v) is 3.59. The summed E-state index contributed by atoms with van der Waals surface area (Å²) in [6.45, 7) is 5.90. The van der Waals surface area contributed by atoms with E-state index in [1.165, 1.54) is 22.5 Å².